The van der Waals surface area contributed by atoms with Gasteiger partial charge < -0.3 is 15.0 Å². The second-order valence-corrected chi connectivity index (χ2v) is 10.1. The summed E-state index contributed by atoms with van der Waals surface area (Å²) in [7, 11) is -3.79. The van der Waals surface area contributed by atoms with Crippen molar-refractivity contribution in [1.82, 2.24) is 0 Å². The first kappa shape index (κ1) is 21.3. The number of para-hydroxylation sites is 2. The molecule has 2 aliphatic heterocycles. The van der Waals surface area contributed by atoms with Crippen LogP contribution < -0.4 is 14.5 Å². The Morgan fingerprint density at radius 1 is 1.06 bits per heavy atom. The molecule has 8 nitrogen and oxygen atoms in total. The molecule has 0 bridgehead atoms. The van der Waals surface area contributed by atoms with Crippen molar-refractivity contribution in [1.29, 1.82) is 0 Å². The molecule has 2 aromatic rings. The smallest absolute Gasteiger partial charge is 0.255 e. The summed E-state index contributed by atoms with van der Waals surface area (Å²) in [6.07, 6.45) is 0. The molecule has 1 N–H and O–H groups in total. The molecule has 0 atom stereocenters. The minimum absolute atomic E-state index is 0.171. The Balaban J connectivity index is 1.60. The van der Waals surface area contributed by atoms with Crippen molar-refractivity contribution >= 4 is 38.9 Å². The highest BCUT2D eigenvalue weighted by Gasteiger charge is 2.49. The lowest BCUT2D eigenvalue weighted by Gasteiger charge is -2.30. The average Bonchev–Trinajstić information content (AvgIpc) is 2.91. The number of amides is 2. The van der Waals surface area contributed by atoms with Gasteiger partial charge in [-0.15, -0.1) is 0 Å². The summed E-state index contributed by atoms with van der Waals surface area (Å²) in [6.45, 7) is 5.91. The van der Waals surface area contributed by atoms with Crippen LogP contribution in [0.15, 0.2) is 48.5 Å². The van der Waals surface area contributed by atoms with Gasteiger partial charge in [0, 0.05) is 18.7 Å². The van der Waals surface area contributed by atoms with Gasteiger partial charge in [-0.1, -0.05) is 18.2 Å². The third-order valence-corrected chi connectivity index (χ3v) is 7.45. The van der Waals surface area contributed by atoms with E-state index in [0.29, 0.717) is 18.9 Å². The van der Waals surface area contributed by atoms with Crippen molar-refractivity contribution in [2.24, 2.45) is 5.41 Å². The Bertz CT molecular complexity index is 1120. The lowest BCUT2D eigenvalue weighted by atomic mass is 9.95. The number of anilines is 3. The van der Waals surface area contributed by atoms with Crippen LogP contribution in [0.2, 0.25) is 0 Å². The highest BCUT2D eigenvalue weighted by molar-refractivity contribution is 7.94. The zero-order chi connectivity index (χ0) is 22.2. The van der Waals surface area contributed by atoms with Crippen LogP contribution in [0.5, 0.6) is 0 Å². The Hall–Kier alpha value is -2.91. The van der Waals surface area contributed by atoms with Crippen LogP contribution in [0.3, 0.4) is 0 Å². The molecule has 9 heteroatoms. The topological polar surface area (TPSA) is 96.0 Å². The molecular formula is C22H25N3O5S. The predicted octanol–water partition coefficient (Wildman–Crippen LogP) is 2.48. The molecule has 4 rings (SSSR count). The molecule has 164 valence electrons. The van der Waals surface area contributed by atoms with Crippen molar-refractivity contribution in [2.45, 2.75) is 13.8 Å². The first-order valence-electron chi connectivity index (χ1n) is 10.1. The highest BCUT2D eigenvalue weighted by atomic mass is 32.2. The van der Waals surface area contributed by atoms with Crippen LogP contribution >= 0.6 is 0 Å². The summed E-state index contributed by atoms with van der Waals surface area (Å²) in [4.78, 5) is 27.8. The fraction of sp³-hybridized carbons (Fsp3) is 0.364. The van der Waals surface area contributed by atoms with Crippen LogP contribution in [-0.2, 0) is 19.6 Å². The standard InChI is InChI=1S/C22H25N3O5S/c1-22(2)15-31(28,29)25(21(22)27)17-7-5-6-16(14-17)20(26)23-18-8-3-4-9-19(18)24-10-12-30-13-11-24/h3-9,14H,10-13,15H2,1-2H3,(H,23,26). The fourth-order valence-electron chi connectivity index (χ4n) is 3.89. The number of hydrogen-bond acceptors (Lipinski definition) is 6. The number of morpholine rings is 1. The van der Waals surface area contributed by atoms with E-state index in [1.165, 1.54) is 12.1 Å². The normalized spacial score (nSPS) is 20.0. The van der Waals surface area contributed by atoms with Gasteiger partial charge in [-0.2, -0.15) is 0 Å². The van der Waals surface area contributed by atoms with Crippen molar-refractivity contribution in [3.8, 4) is 0 Å². The minimum Gasteiger partial charge on any atom is -0.378 e. The molecule has 0 aliphatic carbocycles. The predicted molar refractivity (Wildman–Crippen MR) is 119 cm³/mol. The van der Waals surface area contributed by atoms with Gasteiger partial charge in [-0.05, 0) is 44.2 Å². The lowest BCUT2D eigenvalue weighted by Crippen LogP contribution is -2.36. The van der Waals surface area contributed by atoms with Gasteiger partial charge in [0.15, 0.2) is 0 Å². The maximum absolute atomic E-state index is 13.0. The molecule has 0 spiro atoms. The van der Waals surface area contributed by atoms with Gasteiger partial charge >= 0.3 is 0 Å². The van der Waals surface area contributed by atoms with E-state index in [1.807, 2.05) is 24.3 Å². The van der Waals surface area contributed by atoms with Crippen molar-refractivity contribution in [2.75, 3.05) is 46.6 Å². The van der Waals surface area contributed by atoms with Crippen LogP contribution in [0.4, 0.5) is 17.1 Å². The number of nitrogens with zero attached hydrogens (tertiary/aromatic N) is 2. The van der Waals surface area contributed by atoms with Crippen molar-refractivity contribution in [3.63, 3.8) is 0 Å². The zero-order valence-electron chi connectivity index (χ0n) is 17.5. The van der Waals surface area contributed by atoms with E-state index in [-0.39, 0.29) is 22.9 Å². The van der Waals surface area contributed by atoms with E-state index in [0.717, 1.165) is 23.1 Å². The summed E-state index contributed by atoms with van der Waals surface area (Å²) in [5.74, 6) is -1.14. The second-order valence-electron chi connectivity index (χ2n) is 8.33. The molecule has 0 unspecified atom stereocenters. The van der Waals surface area contributed by atoms with E-state index in [1.54, 1.807) is 26.0 Å². The minimum atomic E-state index is -3.79. The summed E-state index contributed by atoms with van der Waals surface area (Å²) < 4.78 is 31.4. The average molecular weight is 444 g/mol. The number of carbonyl (C=O) groups is 2. The van der Waals surface area contributed by atoms with E-state index < -0.39 is 21.3 Å². The molecule has 2 heterocycles. The first-order valence-corrected chi connectivity index (χ1v) is 11.7. The van der Waals surface area contributed by atoms with Gasteiger partial charge in [0.25, 0.3) is 5.91 Å². The quantitative estimate of drug-likeness (QED) is 0.780. The Morgan fingerprint density at radius 3 is 2.45 bits per heavy atom. The van der Waals surface area contributed by atoms with E-state index >= 15 is 0 Å². The van der Waals surface area contributed by atoms with Crippen molar-refractivity contribution in [3.05, 3.63) is 54.1 Å². The monoisotopic (exact) mass is 443 g/mol. The van der Waals surface area contributed by atoms with Crippen LogP contribution in [-0.4, -0.2) is 52.3 Å². The third-order valence-electron chi connectivity index (χ3n) is 5.43. The largest absolute Gasteiger partial charge is 0.378 e. The van der Waals surface area contributed by atoms with Crippen LogP contribution in [0.1, 0.15) is 24.2 Å². The molecular weight excluding hydrogens is 418 g/mol. The number of benzene rings is 2. The molecule has 2 fully saturated rings. The van der Waals surface area contributed by atoms with E-state index in [4.69, 9.17) is 4.74 Å². The van der Waals surface area contributed by atoms with Crippen LogP contribution in [0, 0.1) is 5.41 Å². The summed E-state index contributed by atoms with van der Waals surface area (Å²) in [5.41, 5.74) is 0.987. The number of rotatable bonds is 4. The molecule has 2 aromatic carbocycles. The van der Waals surface area contributed by atoms with Gasteiger partial charge in [-0.25, -0.2) is 12.7 Å². The molecule has 2 aliphatic rings. The number of nitrogens with one attached hydrogen (secondary N) is 1. The molecule has 0 saturated carbocycles. The first-order chi connectivity index (χ1) is 14.7. The molecule has 0 radical (unpaired) electrons. The third kappa shape index (κ3) is 4.15. The molecule has 2 amide bonds. The van der Waals surface area contributed by atoms with E-state index in [9.17, 15) is 18.0 Å². The number of carbonyl (C=O) groups excluding carboxylic acids is 2. The summed E-state index contributed by atoms with van der Waals surface area (Å²) in [6, 6.07) is 13.6. The Morgan fingerprint density at radius 2 is 1.77 bits per heavy atom. The zero-order valence-corrected chi connectivity index (χ0v) is 18.3. The van der Waals surface area contributed by atoms with Gasteiger partial charge in [0.2, 0.25) is 15.9 Å². The lowest BCUT2D eigenvalue weighted by molar-refractivity contribution is -0.123. The summed E-state index contributed by atoms with van der Waals surface area (Å²) in [5, 5.41) is 2.92. The molecule has 0 aromatic heterocycles. The van der Waals surface area contributed by atoms with Crippen LogP contribution in [0.25, 0.3) is 0 Å². The summed E-state index contributed by atoms with van der Waals surface area (Å²) >= 11 is 0. The van der Waals surface area contributed by atoms with Crippen molar-refractivity contribution < 1.29 is 22.7 Å². The van der Waals surface area contributed by atoms with Gasteiger partial charge in [0.1, 0.15) is 0 Å². The molecule has 31 heavy (non-hydrogen) atoms. The number of sulfonamides is 1. The van der Waals surface area contributed by atoms with Gasteiger partial charge in [0.05, 0.1) is 41.4 Å². The SMILES string of the molecule is CC1(C)CS(=O)(=O)N(c2cccc(C(=O)Nc3ccccc3N3CCOCC3)c2)C1=O. The number of hydrogen-bond donors (Lipinski definition) is 1. The Kier molecular flexibility index (Phi) is 5.49. The second kappa shape index (κ2) is 7.97. The number of ether oxygens (including phenoxy) is 1. The molecule has 2 saturated heterocycles. The maximum Gasteiger partial charge on any atom is 0.255 e. The van der Waals surface area contributed by atoms with E-state index in [2.05, 4.69) is 10.2 Å². The fourth-order valence-corrected chi connectivity index (χ4v) is 5.99. The maximum atomic E-state index is 13.0. The highest BCUT2D eigenvalue weighted by Crippen LogP contribution is 2.36. The van der Waals surface area contributed by atoms with Gasteiger partial charge in [-0.3, -0.25) is 9.59 Å². The Labute approximate surface area is 181 Å².